The van der Waals surface area contributed by atoms with Crippen molar-refractivity contribution in [2.75, 3.05) is 39.3 Å². The van der Waals surface area contributed by atoms with Crippen molar-refractivity contribution < 1.29 is 0 Å². The van der Waals surface area contributed by atoms with Gasteiger partial charge in [-0.1, -0.05) is 20.8 Å². The minimum atomic E-state index is 0.359. The Kier molecular flexibility index (Phi) is 5.58. The lowest BCUT2D eigenvalue weighted by molar-refractivity contribution is 0.129. The molecule has 90 valence electrons. The molecule has 3 heteroatoms. The average Bonchev–Trinajstić information content (AvgIpc) is 2.17. The Morgan fingerprint density at radius 1 is 1.07 bits per heavy atom. The van der Waals surface area contributed by atoms with Crippen LogP contribution in [-0.2, 0) is 0 Å². The van der Waals surface area contributed by atoms with Crippen molar-refractivity contribution in [2.24, 2.45) is 11.7 Å². The summed E-state index contributed by atoms with van der Waals surface area (Å²) in [5, 5.41) is 0. The zero-order valence-electron chi connectivity index (χ0n) is 10.6. The van der Waals surface area contributed by atoms with Gasteiger partial charge >= 0.3 is 0 Å². The van der Waals surface area contributed by atoms with E-state index in [-0.39, 0.29) is 0 Å². The molecule has 3 nitrogen and oxygen atoms in total. The lowest BCUT2D eigenvalue weighted by atomic mass is 10.0. The molecule has 0 saturated carbocycles. The average molecular weight is 213 g/mol. The van der Waals surface area contributed by atoms with E-state index in [4.69, 9.17) is 5.73 Å². The molecule has 2 N–H and O–H groups in total. The molecule has 0 radical (unpaired) electrons. The molecule has 1 fully saturated rings. The number of likely N-dealkylation sites (N-methyl/N-ethyl adjacent to an activating group) is 1. The van der Waals surface area contributed by atoms with Crippen LogP contribution in [0.1, 0.15) is 27.2 Å². The van der Waals surface area contributed by atoms with Crippen LogP contribution < -0.4 is 5.73 Å². The number of rotatable bonds is 5. The number of nitrogens with zero attached hydrogens (tertiary/aromatic N) is 2. The first-order chi connectivity index (χ1) is 7.11. The number of nitrogens with two attached hydrogens (primary N) is 1. The summed E-state index contributed by atoms with van der Waals surface area (Å²) in [6.07, 6.45) is 1.15. The van der Waals surface area contributed by atoms with E-state index in [2.05, 4.69) is 30.6 Å². The molecule has 1 rings (SSSR count). The first kappa shape index (κ1) is 12.9. The van der Waals surface area contributed by atoms with Crippen LogP contribution >= 0.6 is 0 Å². The van der Waals surface area contributed by atoms with Crippen LogP contribution in [0, 0.1) is 5.92 Å². The van der Waals surface area contributed by atoms with Gasteiger partial charge in [-0.05, 0) is 18.9 Å². The summed E-state index contributed by atoms with van der Waals surface area (Å²) >= 11 is 0. The van der Waals surface area contributed by atoms with Gasteiger partial charge in [0.1, 0.15) is 0 Å². The maximum Gasteiger partial charge on any atom is 0.0170 e. The summed E-state index contributed by atoms with van der Waals surface area (Å²) in [5.41, 5.74) is 6.12. The van der Waals surface area contributed by atoms with E-state index < -0.39 is 0 Å². The van der Waals surface area contributed by atoms with Crippen LogP contribution in [0.3, 0.4) is 0 Å². The second kappa shape index (κ2) is 6.46. The highest BCUT2D eigenvalue weighted by Gasteiger charge is 2.17. The van der Waals surface area contributed by atoms with Gasteiger partial charge in [0.05, 0.1) is 0 Å². The molecule has 15 heavy (non-hydrogen) atoms. The molecule has 1 aliphatic heterocycles. The lowest BCUT2D eigenvalue weighted by Gasteiger charge is -2.35. The molecule has 1 atom stereocenters. The Balaban J connectivity index is 2.17. The van der Waals surface area contributed by atoms with E-state index in [0.29, 0.717) is 6.04 Å². The topological polar surface area (TPSA) is 32.5 Å². The van der Waals surface area contributed by atoms with Crippen molar-refractivity contribution in [1.82, 2.24) is 9.80 Å². The minimum Gasteiger partial charge on any atom is -0.327 e. The largest absolute Gasteiger partial charge is 0.327 e. The molecule has 0 aliphatic carbocycles. The molecule has 0 aromatic heterocycles. The smallest absolute Gasteiger partial charge is 0.0170 e. The summed E-state index contributed by atoms with van der Waals surface area (Å²) < 4.78 is 0. The van der Waals surface area contributed by atoms with Gasteiger partial charge in [-0.25, -0.2) is 0 Å². The maximum atomic E-state index is 6.12. The quantitative estimate of drug-likeness (QED) is 0.739. The first-order valence-electron chi connectivity index (χ1n) is 6.32. The van der Waals surface area contributed by atoms with Crippen LogP contribution in [0.25, 0.3) is 0 Å². The van der Waals surface area contributed by atoms with Gasteiger partial charge in [0.25, 0.3) is 0 Å². The third kappa shape index (κ3) is 4.96. The molecule has 1 aliphatic rings. The molecule has 0 aromatic carbocycles. The van der Waals surface area contributed by atoms with Crippen molar-refractivity contribution >= 4 is 0 Å². The molecule has 1 heterocycles. The van der Waals surface area contributed by atoms with Gasteiger partial charge in [0.2, 0.25) is 0 Å². The van der Waals surface area contributed by atoms with Gasteiger partial charge in [-0.15, -0.1) is 0 Å². The molecule has 1 saturated heterocycles. The third-order valence-electron chi connectivity index (χ3n) is 3.18. The van der Waals surface area contributed by atoms with E-state index >= 15 is 0 Å². The molecule has 0 amide bonds. The fourth-order valence-electron chi connectivity index (χ4n) is 2.30. The van der Waals surface area contributed by atoms with Crippen LogP contribution in [0.5, 0.6) is 0 Å². The van der Waals surface area contributed by atoms with Crippen LogP contribution in [0.2, 0.25) is 0 Å². The first-order valence-corrected chi connectivity index (χ1v) is 6.32. The number of hydrogen-bond acceptors (Lipinski definition) is 3. The van der Waals surface area contributed by atoms with Gasteiger partial charge in [-0.3, -0.25) is 4.90 Å². The Labute approximate surface area is 94.6 Å². The number of piperazine rings is 1. The van der Waals surface area contributed by atoms with Crippen LogP contribution in [-0.4, -0.2) is 55.1 Å². The highest BCUT2D eigenvalue weighted by Crippen LogP contribution is 2.06. The van der Waals surface area contributed by atoms with Crippen molar-refractivity contribution in [3.63, 3.8) is 0 Å². The van der Waals surface area contributed by atoms with E-state index in [9.17, 15) is 0 Å². The van der Waals surface area contributed by atoms with Crippen molar-refractivity contribution in [1.29, 1.82) is 0 Å². The highest BCUT2D eigenvalue weighted by molar-refractivity contribution is 4.75. The second-order valence-corrected chi connectivity index (χ2v) is 5.12. The fourth-order valence-corrected chi connectivity index (χ4v) is 2.30. The summed E-state index contributed by atoms with van der Waals surface area (Å²) in [7, 11) is 0. The summed E-state index contributed by atoms with van der Waals surface area (Å²) in [6.45, 7) is 13.8. The monoisotopic (exact) mass is 213 g/mol. The van der Waals surface area contributed by atoms with E-state index in [1.165, 1.54) is 32.7 Å². The predicted octanol–water partition coefficient (Wildman–Crippen LogP) is 0.997. The fraction of sp³-hybridized carbons (Fsp3) is 1.00. The summed E-state index contributed by atoms with van der Waals surface area (Å²) in [4.78, 5) is 5.02. The van der Waals surface area contributed by atoms with E-state index in [1.807, 2.05) is 0 Å². The normalized spacial score (nSPS) is 22.2. The molecule has 0 unspecified atom stereocenters. The van der Waals surface area contributed by atoms with E-state index in [1.54, 1.807) is 0 Å². The second-order valence-electron chi connectivity index (χ2n) is 5.12. The van der Waals surface area contributed by atoms with Crippen LogP contribution in [0.15, 0.2) is 0 Å². The van der Waals surface area contributed by atoms with Crippen LogP contribution in [0.4, 0.5) is 0 Å². The number of hydrogen-bond donors (Lipinski definition) is 1. The molecule has 0 aromatic rings. The molecular weight excluding hydrogens is 186 g/mol. The predicted molar refractivity (Wildman–Crippen MR) is 66.0 cm³/mol. The Morgan fingerprint density at radius 3 is 2.07 bits per heavy atom. The van der Waals surface area contributed by atoms with Crippen molar-refractivity contribution in [3.05, 3.63) is 0 Å². The molecular formula is C12H27N3. The van der Waals surface area contributed by atoms with Gasteiger partial charge in [0.15, 0.2) is 0 Å². The zero-order valence-corrected chi connectivity index (χ0v) is 10.6. The summed E-state index contributed by atoms with van der Waals surface area (Å²) in [6, 6.07) is 0.359. The SMILES string of the molecule is CCN1CCN(C[C@H](N)CC(C)C)CC1. The van der Waals surface area contributed by atoms with Gasteiger partial charge in [0, 0.05) is 38.8 Å². The highest BCUT2D eigenvalue weighted by atomic mass is 15.3. The summed E-state index contributed by atoms with van der Waals surface area (Å²) in [5.74, 6) is 0.719. The molecule has 0 bridgehead atoms. The van der Waals surface area contributed by atoms with Gasteiger partial charge < -0.3 is 10.6 Å². The standard InChI is InChI=1S/C12H27N3/c1-4-14-5-7-15(8-6-14)10-12(13)9-11(2)3/h11-12H,4-10,13H2,1-3H3/t12-/m1/s1. The van der Waals surface area contributed by atoms with Gasteiger partial charge in [-0.2, -0.15) is 0 Å². The maximum absolute atomic E-state index is 6.12. The van der Waals surface area contributed by atoms with E-state index in [0.717, 1.165) is 18.9 Å². The Hall–Kier alpha value is -0.120. The zero-order chi connectivity index (χ0) is 11.3. The Bertz CT molecular complexity index is 162. The van der Waals surface area contributed by atoms with Crippen molar-refractivity contribution in [3.8, 4) is 0 Å². The van der Waals surface area contributed by atoms with Crippen molar-refractivity contribution in [2.45, 2.75) is 33.2 Å². The lowest BCUT2D eigenvalue weighted by Crippen LogP contribution is -2.49. The minimum absolute atomic E-state index is 0.359. The molecule has 0 spiro atoms. The third-order valence-corrected chi connectivity index (χ3v) is 3.18. The Morgan fingerprint density at radius 2 is 1.60 bits per heavy atom.